The van der Waals surface area contributed by atoms with Gasteiger partial charge in [-0.2, -0.15) is 0 Å². The first kappa shape index (κ1) is 10.1. The van der Waals surface area contributed by atoms with Crippen LogP contribution < -0.4 is 10.5 Å². The number of ether oxygens (including phenoxy) is 1. The van der Waals surface area contributed by atoms with Gasteiger partial charge in [-0.3, -0.25) is 4.79 Å². The molecule has 82 valence electrons. The van der Waals surface area contributed by atoms with Crippen molar-refractivity contribution in [3.8, 4) is 0 Å². The second kappa shape index (κ2) is 4.41. The standard InChI is InChI=1S/C9H13N3O3/c13-4-7-5-15-2-1-12(7)8-3-9(14)11-6-10-8/h3,6-7,13H,1-2,4-5H2,(H,10,11,14). The summed E-state index contributed by atoms with van der Waals surface area (Å²) in [5.41, 5.74) is -0.191. The van der Waals surface area contributed by atoms with E-state index >= 15 is 0 Å². The highest BCUT2D eigenvalue weighted by Crippen LogP contribution is 2.14. The predicted octanol–water partition coefficient (Wildman–Crippen LogP) is -1.03. The Kier molecular flexibility index (Phi) is 2.98. The third-order valence-electron chi connectivity index (χ3n) is 2.40. The van der Waals surface area contributed by atoms with E-state index in [1.807, 2.05) is 4.90 Å². The van der Waals surface area contributed by atoms with Gasteiger partial charge < -0.3 is 19.7 Å². The minimum Gasteiger partial charge on any atom is -0.394 e. The number of hydrogen-bond acceptors (Lipinski definition) is 5. The van der Waals surface area contributed by atoms with Crippen molar-refractivity contribution in [2.24, 2.45) is 0 Å². The zero-order chi connectivity index (χ0) is 10.7. The summed E-state index contributed by atoms with van der Waals surface area (Å²) in [4.78, 5) is 19.5. The first-order valence-electron chi connectivity index (χ1n) is 4.81. The molecule has 1 unspecified atom stereocenters. The van der Waals surface area contributed by atoms with Crippen LogP contribution in [0.5, 0.6) is 0 Å². The van der Waals surface area contributed by atoms with Gasteiger partial charge in [0.25, 0.3) is 5.56 Å². The lowest BCUT2D eigenvalue weighted by Gasteiger charge is -2.35. The van der Waals surface area contributed by atoms with Crippen LogP contribution in [-0.2, 0) is 4.74 Å². The van der Waals surface area contributed by atoms with Gasteiger partial charge >= 0.3 is 0 Å². The Morgan fingerprint density at radius 3 is 3.33 bits per heavy atom. The van der Waals surface area contributed by atoms with Gasteiger partial charge in [-0.25, -0.2) is 4.98 Å². The number of aromatic nitrogens is 2. The van der Waals surface area contributed by atoms with Crippen LogP contribution in [0.2, 0.25) is 0 Å². The van der Waals surface area contributed by atoms with Crippen LogP contribution in [0.1, 0.15) is 0 Å². The van der Waals surface area contributed by atoms with E-state index in [0.717, 1.165) is 0 Å². The summed E-state index contributed by atoms with van der Waals surface area (Å²) in [5, 5.41) is 9.16. The van der Waals surface area contributed by atoms with Gasteiger partial charge in [-0.15, -0.1) is 0 Å². The SMILES string of the molecule is O=c1cc(N2CCOCC2CO)nc[nH]1. The molecule has 0 saturated carbocycles. The average molecular weight is 211 g/mol. The minimum atomic E-state index is -0.191. The Balaban J connectivity index is 2.24. The van der Waals surface area contributed by atoms with E-state index in [4.69, 9.17) is 9.84 Å². The highest BCUT2D eigenvalue weighted by Gasteiger charge is 2.23. The van der Waals surface area contributed by atoms with E-state index in [2.05, 4.69) is 9.97 Å². The van der Waals surface area contributed by atoms with Crippen LogP contribution in [0, 0.1) is 0 Å². The first-order valence-corrected chi connectivity index (χ1v) is 4.81. The smallest absolute Gasteiger partial charge is 0.252 e. The van der Waals surface area contributed by atoms with Crippen LogP contribution in [0.25, 0.3) is 0 Å². The number of morpholine rings is 1. The van der Waals surface area contributed by atoms with Crippen molar-refractivity contribution in [3.05, 3.63) is 22.7 Å². The summed E-state index contributed by atoms with van der Waals surface area (Å²) >= 11 is 0. The average Bonchev–Trinajstić information content (AvgIpc) is 2.29. The molecule has 0 radical (unpaired) electrons. The highest BCUT2D eigenvalue weighted by atomic mass is 16.5. The fourth-order valence-corrected chi connectivity index (χ4v) is 1.62. The van der Waals surface area contributed by atoms with Crippen LogP contribution >= 0.6 is 0 Å². The lowest BCUT2D eigenvalue weighted by molar-refractivity contribution is 0.0722. The molecule has 1 fully saturated rings. The molecule has 1 aromatic rings. The van der Waals surface area contributed by atoms with E-state index in [0.29, 0.717) is 25.6 Å². The molecule has 1 atom stereocenters. The zero-order valence-corrected chi connectivity index (χ0v) is 8.22. The number of aliphatic hydroxyl groups excluding tert-OH is 1. The zero-order valence-electron chi connectivity index (χ0n) is 8.22. The van der Waals surface area contributed by atoms with E-state index in [9.17, 15) is 4.79 Å². The van der Waals surface area contributed by atoms with Crippen molar-refractivity contribution in [1.82, 2.24) is 9.97 Å². The number of hydrogen-bond donors (Lipinski definition) is 2. The van der Waals surface area contributed by atoms with E-state index in [1.165, 1.54) is 12.4 Å². The summed E-state index contributed by atoms with van der Waals surface area (Å²) < 4.78 is 5.24. The summed E-state index contributed by atoms with van der Waals surface area (Å²) in [6, 6.07) is 1.31. The first-order chi connectivity index (χ1) is 7.31. The molecule has 0 spiro atoms. The van der Waals surface area contributed by atoms with Gasteiger partial charge in [0.15, 0.2) is 0 Å². The third-order valence-corrected chi connectivity index (χ3v) is 2.40. The Hall–Kier alpha value is -1.40. The highest BCUT2D eigenvalue weighted by molar-refractivity contribution is 5.38. The molecule has 0 amide bonds. The second-order valence-electron chi connectivity index (χ2n) is 3.37. The molecular formula is C9H13N3O3. The molecular weight excluding hydrogens is 198 g/mol. The monoisotopic (exact) mass is 211 g/mol. The summed E-state index contributed by atoms with van der Waals surface area (Å²) in [7, 11) is 0. The normalized spacial score (nSPS) is 21.7. The van der Waals surface area contributed by atoms with Crippen molar-refractivity contribution < 1.29 is 9.84 Å². The lowest BCUT2D eigenvalue weighted by Crippen LogP contribution is -2.48. The molecule has 6 heteroatoms. The van der Waals surface area contributed by atoms with E-state index < -0.39 is 0 Å². The topological polar surface area (TPSA) is 78.5 Å². The molecule has 0 aromatic carbocycles. The Labute approximate surface area is 86.5 Å². The van der Waals surface area contributed by atoms with Gasteiger partial charge in [0, 0.05) is 12.6 Å². The maximum atomic E-state index is 11.1. The largest absolute Gasteiger partial charge is 0.394 e. The van der Waals surface area contributed by atoms with Crippen molar-refractivity contribution in [1.29, 1.82) is 0 Å². The van der Waals surface area contributed by atoms with Crippen LogP contribution in [0.4, 0.5) is 5.82 Å². The van der Waals surface area contributed by atoms with E-state index in [-0.39, 0.29) is 18.2 Å². The van der Waals surface area contributed by atoms with Gasteiger partial charge in [-0.1, -0.05) is 0 Å². The fourth-order valence-electron chi connectivity index (χ4n) is 1.62. The number of nitrogens with zero attached hydrogens (tertiary/aromatic N) is 2. The lowest BCUT2D eigenvalue weighted by atomic mass is 10.2. The molecule has 1 aliphatic rings. The van der Waals surface area contributed by atoms with Crippen LogP contribution in [-0.4, -0.2) is 47.5 Å². The van der Waals surface area contributed by atoms with Crippen molar-refractivity contribution in [3.63, 3.8) is 0 Å². The number of H-pyrrole nitrogens is 1. The summed E-state index contributed by atoms with van der Waals surface area (Å²) in [5.74, 6) is 0.584. The number of aromatic amines is 1. The quantitative estimate of drug-likeness (QED) is 0.653. The van der Waals surface area contributed by atoms with Crippen molar-refractivity contribution >= 4 is 5.82 Å². The molecule has 1 saturated heterocycles. The van der Waals surface area contributed by atoms with Gasteiger partial charge in [-0.05, 0) is 0 Å². The molecule has 1 aliphatic heterocycles. The number of nitrogens with one attached hydrogen (secondary N) is 1. The molecule has 15 heavy (non-hydrogen) atoms. The van der Waals surface area contributed by atoms with E-state index in [1.54, 1.807) is 0 Å². The maximum absolute atomic E-state index is 11.1. The second-order valence-corrected chi connectivity index (χ2v) is 3.37. The Bertz CT molecular complexity index is 379. The fraction of sp³-hybridized carbons (Fsp3) is 0.556. The molecule has 0 aliphatic carbocycles. The minimum absolute atomic E-state index is 0.00548. The summed E-state index contributed by atoms with van der Waals surface area (Å²) in [6.07, 6.45) is 1.36. The predicted molar refractivity (Wildman–Crippen MR) is 53.9 cm³/mol. The Morgan fingerprint density at radius 1 is 1.73 bits per heavy atom. The Morgan fingerprint density at radius 2 is 2.60 bits per heavy atom. The molecule has 2 rings (SSSR count). The third kappa shape index (κ3) is 2.16. The molecule has 0 bridgehead atoms. The van der Waals surface area contributed by atoms with Gasteiger partial charge in [0.05, 0.1) is 32.2 Å². The summed E-state index contributed by atoms with van der Waals surface area (Å²) in [6.45, 7) is 1.69. The molecule has 1 aromatic heterocycles. The molecule has 6 nitrogen and oxygen atoms in total. The number of aliphatic hydroxyl groups is 1. The van der Waals surface area contributed by atoms with Crippen molar-refractivity contribution in [2.75, 3.05) is 31.3 Å². The number of anilines is 1. The maximum Gasteiger partial charge on any atom is 0.252 e. The number of rotatable bonds is 2. The van der Waals surface area contributed by atoms with Crippen molar-refractivity contribution in [2.45, 2.75) is 6.04 Å². The van der Waals surface area contributed by atoms with Crippen LogP contribution in [0.3, 0.4) is 0 Å². The molecule has 2 heterocycles. The van der Waals surface area contributed by atoms with Crippen LogP contribution in [0.15, 0.2) is 17.2 Å². The van der Waals surface area contributed by atoms with Gasteiger partial charge in [0.2, 0.25) is 0 Å². The van der Waals surface area contributed by atoms with Gasteiger partial charge in [0.1, 0.15) is 5.82 Å². The molecule has 2 N–H and O–H groups in total.